The van der Waals surface area contributed by atoms with Gasteiger partial charge in [0, 0.05) is 10.6 Å². The average molecular weight is 299 g/mol. The van der Waals surface area contributed by atoms with E-state index in [2.05, 4.69) is 11.2 Å². The highest BCUT2D eigenvalue weighted by molar-refractivity contribution is 6.31. The first-order chi connectivity index (χ1) is 10.0. The van der Waals surface area contributed by atoms with E-state index in [1.54, 1.807) is 0 Å². The van der Waals surface area contributed by atoms with Crippen molar-refractivity contribution in [3.63, 3.8) is 0 Å². The summed E-state index contributed by atoms with van der Waals surface area (Å²) < 4.78 is 5.45. The smallest absolute Gasteiger partial charge is 0.176 e. The first kappa shape index (κ1) is 13.7. The fraction of sp³-hybridized carbons (Fsp3) is 0.118. The fourth-order valence-electron chi connectivity index (χ4n) is 2.45. The third-order valence-corrected chi connectivity index (χ3v) is 3.55. The molecule has 0 radical (unpaired) electrons. The Morgan fingerprint density at radius 2 is 1.76 bits per heavy atom. The van der Waals surface area contributed by atoms with Crippen molar-refractivity contribution in [2.24, 2.45) is 0 Å². The quantitative estimate of drug-likeness (QED) is 0.735. The summed E-state index contributed by atoms with van der Waals surface area (Å²) in [6.45, 7) is 4.03. The molecule has 0 aliphatic rings. The highest BCUT2D eigenvalue weighted by atomic mass is 35.5. The lowest BCUT2D eigenvalue weighted by molar-refractivity contribution is 0.436. The Morgan fingerprint density at radius 1 is 1.00 bits per heavy atom. The van der Waals surface area contributed by atoms with Crippen LogP contribution < -0.4 is 5.73 Å². The first-order valence-corrected chi connectivity index (χ1v) is 7.02. The number of hydrogen-bond donors (Lipinski definition) is 1. The number of nitrogens with two attached hydrogens (primary N) is 1. The van der Waals surface area contributed by atoms with E-state index >= 15 is 0 Å². The van der Waals surface area contributed by atoms with Gasteiger partial charge in [0.15, 0.2) is 11.6 Å². The molecule has 0 amide bonds. The molecule has 0 unspecified atom stereocenters. The summed E-state index contributed by atoms with van der Waals surface area (Å²) in [4.78, 5) is 0. The van der Waals surface area contributed by atoms with Gasteiger partial charge in [0.25, 0.3) is 0 Å². The number of rotatable bonds is 2. The third kappa shape index (κ3) is 2.65. The van der Waals surface area contributed by atoms with Crippen LogP contribution in [0.15, 0.2) is 47.0 Å². The predicted molar refractivity (Wildman–Crippen MR) is 86.3 cm³/mol. The molecule has 0 atom stereocenters. The molecule has 0 saturated carbocycles. The normalized spacial score (nSPS) is 10.8. The van der Waals surface area contributed by atoms with Crippen LogP contribution in [-0.2, 0) is 0 Å². The summed E-state index contributed by atoms with van der Waals surface area (Å²) in [5.74, 6) is 1.02. The molecule has 0 spiro atoms. The van der Waals surface area contributed by atoms with Crippen molar-refractivity contribution in [2.75, 3.05) is 5.73 Å². The molecule has 3 aromatic rings. The zero-order valence-corrected chi connectivity index (χ0v) is 12.6. The first-order valence-electron chi connectivity index (χ1n) is 6.64. The second-order valence-electron chi connectivity index (χ2n) is 5.16. The number of nitrogens with zero attached hydrogens (tertiary/aromatic N) is 1. The topological polar surface area (TPSA) is 52.0 Å². The number of hydrogen-bond acceptors (Lipinski definition) is 3. The maximum atomic E-state index is 6.14. The number of halogens is 1. The lowest BCUT2D eigenvalue weighted by Crippen LogP contribution is -1.89. The van der Waals surface area contributed by atoms with Gasteiger partial charge in [-0.2, -0.15) is 0 Å². The van der Waals surface area contributed by atoms with E-state index in [9.17, 15) is 0 Å². The molecule has 1 heterocycles. The number of benzene rings is 2. The lowest BCUT2D eigenvalue weighted by Gasteiger charge is -2.05. The Kier molecular flexibility index (Phi) is 3.43. The molecule has 0 saturated heterocycles. The Bertz CT molecular complexity index is 788. The summed E-state index contributed by atoms with van der Waals surface area (Å²) in [5.41, 5.74) is 10.9. The highest BCUT2D eigenvalue weighted by Gasteiger charge is 2.18. The molecule has 0 bridgehead atoms. The van der Waals surface area contributed by atoms with Crippen LogP contribution in [0.1, 0.15) is 11.1 Å². The maximum absolute atomic E-state index is 6.14. The molecule has 106 valence electrons. The molecule has 0 aliphatic heterocycles. The third-order valence-electron chi connectivity index (χ3n) is 3.33. The van der Waals surface area contributed by atoms with Crippen LogP contribution in [0.2, 0.25) is 5.02 Å². The van der Waals surface area contributed by atoms with Crippen molar-refractivity contribution >= 4 is 17.4 Å². The predicted octanol–water partition coefficient (Wildman–Crippen LogP) is 4.86. The van der Waals surface area contributed by atoms with Crippen molar-refractivity contribution in [2.45, 2.75) is 13.8 Å². The fourth-order valence-corrected chi connectivity index (χ4v) is 2.74. The second kappa shape index (κ2) is 5.26. The second-order valence-corrected chi connectivity index (χ2v) is 5.60. The van der Waals surface area contributed by atoms with Crippen molar-refractivity contribution in [3.8, 4) is 22.5 Å². The van der Waals surface area contributed by atoms with Gasteiger partial charge in [-0.3, -0.25) is 0 Å². The molecule has 3 rings (SSSR count). The van der Waals surface area contributed by atoms with E-state index in [1.165, 1.54) is 0 Å². The minimum Gasteiger partial charge on any atom is -0.380 e. The van der Waals surface area contributed by atoms with Crippen LogP contribution in [-0.4, -0.2) is 5.16 Å². The zero-order chi connectivity index (χ0) is 15.0. The molecular formula is C17H15ClN2O. The molecular weight excluding hydrogens is 284 g/mol. The summed E-state index contributed by atoms with van der Waals surface area (Å²) in [7, 11) is 0. The molecule has 0 aliphatic carbocycles. The Hall–Kier alpha value is -2.26. The van der Waals surface area contributed by atoms with Gasteiger partial charge >= 0.3 is 0 Å². The molecule has 21 heavy (non-hydrogen) atoms. The van der Waals surface area contributed by atoms with Gasteiger partial charge in [-0.1, -0.05) is 46.6 Å². The Morgan fingerprint density at radius 3 is 2.48 bits per heavy atom. The van der Waals surface area contributed by atoms with Gasteiger partial charge in [-0.25, -0.2) is 0 Å². The Balaban J connectivity index is 2.21. The minimum atomic E-state index is 0.383. The highest BCUT2D eigenvalue weighted by Crippen LogP contribution is 2.37. The molecule has 3 nitrogen and oxygen atoms in total. The van der Waals surface area contributed by atoms with Gasteiger partial charge in [-0.15, -0.1) is 0 Å². The largest absolute Gasteiger partial charge is 0.380 e. The summed E-state index contributed by atoms with van der Waals surface area (Å²) in [6, 6.07) is 13.8. The average Bonchev–Trinajstić information content (AvgIpc) is 2.79. The number of aromatic nitrogens is 1. The summed E-state index contributed by atoms with van der Waals surface area (Å²) >= 11 is 6.14. The molecule has 1 aromatic heterocycles. The number of nitrogen functional groups attached to an aromatic ring is 1. The van der Waals surface area contributed by atoms with E-state index in [4.69, 9.17) is 21.9 Å². The number of aryl methyl sites for hydroxylation is 2. The van der Waals surface area contributed by atoms with Gasteiger partial charge in [0.2, 0.25) is 0 Å². The van der Waals surface area contributed by atoms with Gasteiger partial charge in [0.1, 0.15) is 0 Å². The van der Waals surface area contributed by atoms with E-state index in [0.29, 0.717) is 16.6 Å². The van der Waals surface area contributed by atoms with Crippen molar-refractivity contribution in [1.82, 2.24) is 5.16 Å². The molecule has 4 heteroatoms. The van der Waals surface area contributed by atoms with Crippen molar-refractivity contribution < 1.29 is 4.52 Å². The van der Waals surface area contributed by atoms with Crippen LogP contribution >= 0.6 is 11.6 Å². The van der Waals surface area contributed by atoms with Gasteiger partial charge in [0.05, 0.1) is 5.56 Å². The molecule has 2 aromatic carbocycles. The lowest BCUT2D eigenvalue weighted by atomic mass is 9.99. The summed E-state index contributed by atoms with van der Waals surface area (Å²) in [5, 5.41) is 4.58. The van der Waals surface area contributed by atoms with Crippen molar-refractivity contribution in [3.05, 3.63) is 58.6 Å². The maximum Gasteiger partial charge on any atom is 0.176 e. The SMILES string of the molecule is Cc1cc(Cl)cc(-c2onc(N)c2-c2cccc(C)c2)c1. The monoisotopic (exact) mass is 298 g/mol. The molecule has 0 fully saturated rings. The van der Waals surface area contributed by atoms with E-state index in [1.807, 2.05) is 50.2 Å². The van der Waals surface area contributed by atoms with Crippen LogP contribution in [0, 0.1) is 13.8 Å². The summed E-state index contributed by atoms with van der Waals surface area (Å²) in [6.07, 6.45) is 0. The van der Waals surface area contributed by atoms with Gasteiger partial charge in [-0.05, 0) is 43.2 Å². The zero-order valence-electron chi connectivity index (χ0n) is 11.9. The van der Waals surface area contributed by atoms with E-state index in [0.717, 1.165) is 27.8 Å². The molecule has 2 N–H and O–H groups in total. The van der Waals surface area contributed by atoms with Crippen LogP contribution in [0.4, 0.5) is 5.82 Å². The van der Waals surface area contributed by atoms with Crippen LogP contribution in [0.25, 0.3) is 22.5 Å². The van der Waals surface area contributed by atoms with Crippen molar-refractivity contribution in [1.29, 1.82) is 0 Å². The van der Waals surface area contributed by atoms with E-state index < -0.39 is 0 Å². The van der Waals surface area contributed by atoms with Crippen LogP contribution in [0.3, 0.4) is 0 Å². The van der Waals surface area contributed by atoms with Gasteiger partial charge < -0.3 is 10.3 Å². The minimum absolute atomic E-state index is 0.383. The van der Waals surface area contributed by atoms with Crippen LogP contribution in [0.5, 0.6) is 0 Å². The number of anilines is 1. The van der Waals surface area contributed by atoms with E-state index in [-0.39, 0.29) is 0 Å². The standard InChI is InChI=1S/C17H15ClN2O/c1-10-4-3-5-12(6-10)15-16(21-20-17(15)19)13-7-11(2)8-14(18)9-13/h3-9H,1-2H3,(H2,19,20). The Labute approximate surface area is 128 Å².